The van der Waals surface area contributed by atoms with E-state index in [1.54, 1.807) is 12.3 Å². The molecule has 3 aromatic rings. The lowest BCUT2D eigenvalue weighted by Gasteiger charge is -2.10. The minimum atomic E-state index is -0.837. The molecule has 128 valence electrons. The molecule has 0 spiro atoms. The monoisotopic (exact) mass is 343 g/mol. The molecule has 1 heterocycles. The van der Waals surface area contributed by atoms with Gasteiger partial charge in [-0.15, -0.1) is 0 Å². The molecule has 2 amide bonds. The first-order valence-corrected chi connectivity index (χ1v) is 7.59. The quantitative estimate of drug-likeness (QED) is 0.694. The maximum Gasteiger partial charge on any atom is 0.319 e. The van der Waals surface area contributed by atoms with E-state index < -0.39 is 17.7 Å². The van der Waals surface area contributed by atoms with E-state index in [-0.39, 0.29) is 18.8 Å². The Morgan fingerprint density at radius 2 is 2.00 bits per heavy atom. The molecule has 5 nitrogen and oxygen atoms in total. The normalized spacial score (nSPS) is 10.5. The number of aromatic nitrogens is 1. The molecule has 0 atom stereocenters. The Labute approximate surface area is 142 Å². The van der Waals surface area contributed by atoms with E-state index >= 15 is 0 Å². The first-order chi connectivity index (χ1) is 12.1. The Bertz CT molecular complexity index is 902. The SMILES string of the molecule is O=C(NCCOc1ccc2ncccc2c1)Nc1ccc(F)cc1F. The van der Waals surface area contributed by atoms with Gasteiger partial charge in [-0.1, -0.05) is 6.07 Å². The lowest BCUT2D eigenvalue weighted by atomic mass is 10.2. The van der Waals surface area contributed by atoms with Crippen LogP contribution in [0.2, 0.25) is 0 Å². The number of carbonyl (C=O) groups excluding carboxylic acids is 1. The largest absolute Gasteiger partial charge is 0.492 e. The summed E-state index contributed by atoms with van der Waals surface area (Å²) in [5, 5.41) is 5.79. The standard InChI is InChI=1S/C18H15F2N3O2/c19-13-3-5-17(15(20)11-13)23-18(24)22-8-9-25-14-4-6-16-12(10-14)2-1-7-21-16/h1-7,10-11H,8-9H2,(H2,22,23,24). The number of rotatable bonds is 5. The van der Waals surface area contributed by atoms with Crippen molar-refractivity contribution < 1.29 is 18.3 Å². The Kier molecular flexibility index (Phi) is 5.03. The molecular formula is C18H15F2N3O2. The van der Waals surface area contributed by atoms with Crippen molar-refractivity contribution in [1.29, 1.82) is 0 Å². The van der Waals surface area contributed by atoms with Crippen LogP contribution in [0.3, 0.4) is 0 Å². The summed E-state index contributed by atoms with van der Waals surface area (Å²) >= 11 is 0. The number of urea groups is 1. The van der Waals surface area contributed by atoms with Crippen molar-refractivity contribution in [3.8, 4) is 5.75 Å². The van der Waals surface area contributed by atoms with Crippen molar-refractivity contribution in [1.82, 2.24) is 10.3 Å². The zero-order valence-electron chi connectivity index (χ0n) is 13.1. The van der Waals surface area contributed by atoms with Crippen molar-refractivity contribution in [3.05, 3.63) is 66.4 Å². The molecule has 7 heteroatoms. The second kappa shape index (κ2) is 7.57. The van der Waals surface area contributed by atoms with Gasteiger partial charge in [0.25, 0.3) is 0 Å². The van der Waals surface area contributed by atoms with E-state index in [0.717, 1.165) is 23.0 Å². The van der Waals surface area contributed by atoms with Crippen molar-refractivity contribution in [3.63, 3.8) is 0 Å². The highest BCUT2D eigenvalue weighted by atomic mass is 19.1. The number of carbonyl (C=O) groups is 1. The van der Waals surface area contributed by atoms with Crippen LogP contribution in [0.1, 0.15) is 0 Å². The molecule has 0 aliphatic rings. The fraction of sp³-hybridized carbons (Fsp3) is 0.111. The maximum absolute atomic E-state index is 13.4. The number of halogens is 2. The molecule has 0 aliphatic carbocycles. The number of benzene rings is 2. The summed E-state index contributed by atoms with van der Waals surface area (Å²) in [4.78, 5) is 15.9. The molecule has 0 fully saturated rings. The summed E-state index contributed by atoms with van der Waals surface area (Å²) in [6.07, 6.45) is 1.72. The molecule has 0 radical (unpaired) electrons. The first-order valence-electron chi connectivity index (χ1n) is 7.59. The lowest BCUT2D eigenvalue weighted by molar-refractivity contribution is 0.247. The van der Waals surface area contributed by atoms with Crippen LogP contribution in [-0.4, -0.2) is 24.2 Å². The maximum atomic E-state index is 13.4. The van der Waals surface area contributed by atoms with Gasteiger partial charge < -0.3 is 15.4 Å². The van der Waals surface area contributed by atoms with Crippen LogP contribution in [0, 0.1) is 11.6 Å². The second-order valence-electron chi connectivity index (χ2n) is 5.21. The fourth-order valence-electron chi connectivity index (χ4n) is 2.23. The fourth-order valence-corrected chi connectivity index (χ4v) is 2.23. The van der Waals surface area contributed by atoms with Gasteiger partial charge in [0, 0.05) is 17.6 Å². The van der Waals surface area contributed by atoms with Crippen molar-refractivity contribution in [2.75, 3.05) is 18.5 Å². The first kappa shape index (κ1) is 16.6. The predicted molar refractivity (Wildman–Crippen MR) is 90.6 cm³/mol. The Hall–Kier alpha value is -3.22. The second-order valence-corrected chi connectivity index (χ2v) is 5.21. The zero-order chi connectivity index (χ0) is 17.6. The van der Waals surface area contributed by atoms with Crippen LogP contribution in [0.15, 0.2) is 54.7 Å². The number of nitrogens with zero attached hydrogens (tertiary/aromatic N) is 1. The van der Waals surface area contributed by atoms with Crippen LogP contribution in [-0.2, 0) is 0 Å². The molecular weight excluding hydrogens is 328 g/mol. The smallest absolute Gasteiger partial charge is 0.319 e. The molecule has 0 saturated heterocycles. The van der Waals surface area contributed by atoms with Crippen molar-refractivity contribution >= 4 is 22.6 Å². The van der Waals surface area contributed by atoms with E-state index in [0.29, 0.717) is 11.8 Å². The summed E-state index contributed by atoms with van der Waals surface area (Å²) in [6, 6.07) is 11.6. The van der Waals surface area contributed by atoms with E-state index in [2.05, 4.69) is 15.6 Å². The Morgan fingerprint density at radius 1 is 1.12 bits per heavy atom. The predicted octanol–water partition coefficient (Wildman–Crippen LogP) is 3.71. The number of hydrogen-bond acceptors (Lipinski definition) is 3. The Balaban J connectivity index is 1.46. The highest BCUT2D eigenvalue weighted by Crippen LogP contribution is 2.18. The number of nitrogens with one attached hydrogen (secondary N) is 2. The molecule has 0 bridgehead atoms. The van der Waals surface area contributed by atoms with E-state index in [4.69, 9.17) is 4.74 Å². The summed E-state index contributed by atoms with van der Waals surface area (Å²) < 4.78 is 31.8. The van der Waals surface area contributed by atoms with E-state index in [9.17, 15) is 13.6 Å². The third-order valence-electron chi connectivity index (χ3n) is 3.41. The number of amides is 2. The number of hydrogen-bond donors (Lipinski definition) is 2. The third kappa shape index (κ3) is 4.41. The lowest BCUT2D eigenvalue weighted by Crippen LogP contribution is -2.32. The average Bonchev–Trinajstić information content (AvgIpc) is 2.61. The van der Waals surface area contributed by atoms with Gasteiger partial charge in [-0.3, -0.25) is 4.98 Å². The Morgan fingerprint density at radius 3 is 2.84 bits per heavy atom. The minimum absolute atomic E-state index is 0.0955. The molecule has 1 aromatic heterocycles. The van der Waals surface area contributed by atoms with E-state index in [1.165, 1.54) is 0 Å². The topological polar surface area (TPSA) is 63.2 Å². The molecule has 25 heavy (non-hydrogen) atoms. The number of fused-ring (bicyclic) bond motifs is 1. The highest BCUT2D eigenvalue weighted by Gasteiger charge is 2.07. The van der Waals surface area contributed by atoms with Crippen LogP contribution >= 0.6 is 0 Å². The number of anilines is 1. The molecule has 0 aliphatic heterocycles. The van der Waals surface area contributed by atoms with Crippen molar-refractivity contribution in [2.45, 2.75) is 0 Å². The van der Waals surface area contributed by atoms with Gasteiger partial charge in [0.1, 0.15) is 24.0 Å². The third-order valence-corrected chi connectivity index (χ3v) is 3.41. The minimum Gasteiger partial charge on any atom is -0.492 e. The number of pyridine rings is 1. The van der Waals surface area contributed by atoms with Gasteiger partial charge in [-0.25, -0.2) is 13.6 Å². The summed E-state index contributed by atoms with van der Waals surface area (Å²) in [5.74, 6) is -0.883. The zero-order valence-corrected chi connectivity index (χ0v) is 13.1. The van der Waals surface area contributed by atoms with Gasteiger partial charge in [-0.2, -0.15) is 0 Å². The van der Waals surface area contributed by atoms with Crippen LogP contribution in [0.4, 0.5) is 19.3 Å². The van der Waals surface area contributed by atoms with Gasteiger partial charge in [0.15, 0.2) is 0 Å². The highest BCUT2D eigenvalue weighted by molar-refractivity contribution is 5.89. The van der Waals surface area contributed by atoms with Gasteiger partial charge in [0.05, 0.1) is 17.7 Å². The van der Waals surface area contributed by atoms with Crippen LogP contribution in [0.5, 0.6) is 5.75 Å². The van der Waals surface area contributed by atoms with Crippen LogP contribution < -0.4 is 15.4 Å². The van der Waals surface area contributed by atoms with Gasteiger partial charge in [0.2, 0.25) is 0 Å². The molecule has 2 N–H and O–H groups in total. The molecule has 3 rings (SSSR count). The number of ether oxygens (including phenoxy) is 1. The average molecular weight is 343 g/mol. The molecule has 2 aromatic carbocycles. The van der Waals surface area contributed by atoms with E-state index in [1.807, 2.05) is 24.3 Å². The van der Waals surface area contributed by atoms with Crippen LogP contribution in [0.25, 0.3) is 10.9 Å². The molecule has 0 saturated carbocycles. The summed E-state index contributed by atoms with van der Waals surface area (Å²) in [7, 11) is 0. The van der Waals surface area contributed by atoms with Gasteiger partial charge in [-0.05, 0) is 36.4 Å². The molecule has 0 unspecified atom stereocenters. The van der Waals surface area contributed by atoms with Gasteiger partial charge >= 0.3 is 6.03 Å². The summed E-state index contributed by atoms with van der Waals surface area (Å²) in [5.41, 5.74) is 0.774. The van der Waals surface area contributed by atoms with Crippen molar-refractivity contribution in [2.24, 2.45) is 0 Å². The summed E-state index contributed by atoms with van der Waals surface area (Å²) in [6.45, 7) is 0.463.